The van der Waals surface area contributed by atoms with Gasteiger partial charge in [-0.3, -0.25) is 0 Å². The van der Waals surface area contributed by atoms with Crippen molar-refractivity contribution in [1.29, 1.82) is 0 Å². The van der Waals surface area contributed by atoms with Gasteiger partial charge >= 0.3 is 18.2 Å². The summed E-state index contributed by atoms with van der Waals surface area (Å²) in [5.41, 5.74) is -5.72. The summed E-state index contributed by atoms with van der Waals surface area (Å²) in [7, 11) is -4.48. The number of hydrogen-bond donors (Lipinski definition) is 2. The Hall–Kier alpha value is -2.67. The van der Waals surface area contributed by atoms with E-state index in [9.17, 15) is 36.3 Å². The van der Waals surface area contributed by atoms with E-state index in [-0.39, 0.29) is 0 Å². The van der Waals surface area contributed by atoms with Crippen molar-refractivity contribution in [2.24, 2.45) is 4.40 Å². The smallest absolute Gasteiger partial charge is 0.421 e. The van der Waals surface area contributed by atoms with Crippen molar-refractivity contribution in [3.8, 4) is 0 Å². The average molecular weight is 539 g/mol. The van der Waals surface area contributed by atoms with E-state index in [1.54, 1.807) is 41.5 Å². The summed E-state index contributed by atoms with van der Waals surface area (Å²) in [6, 6.07) is 4.72. The summed E-state index contributed by atoms with van der Waals surface area (Å²) >= 11 is 0. The third kappa shape index (κ3) is 10.5. The molecule has 1 aromatic rings. The molecule has 9 nitrogen and oxygen atoms in total. The van der Waals surface area contributed by atoms with E-state index in [0.29, 0.717) is 0 Å². The summed E-state index contributed by atoms with van der Waals surface area (Å²) in [5, 5.41) is 12.6. The van der Waals surface area contributed by atoms with E-state index in [2.05, 4.69) is 9.71 Å². The number of sulfonamides is 1. The summed E-state index contributed by atoms with van der Waals surface area (Å²) in [5.74, 6) is -2.03. The highest BCUT2D eigenvalue weighted by Gasteiger charge is 2.55. The van der Waals surface area contributed by atoms with Gasteiger partial charge in [0.05, 0.1) is 5.75 Å². The predicted octanol–water partition coefficient (Wildman–Crippen LogP) is 3.85. The fraction of sp³-hybridized carbons (Fsp3) is 0.609. The molecule has 1 amide bonds. The number of carbonyl (C=O) groups is 2. The van der Waals surface area contributed by atoms with Crippen LogP contribution >= 0.6 is 0 Å². The fourth-order valence-electron chi connectivity index (χ4n) is 2.79. The number of rotatable bonds is 9. The molecular weight excluding hydrogens is 505 g/mol. The molecule has 0 aliphatic rings. The Morgan fingerprint density at radius 3 is 2.03 bits per heavy atom. The van der Waals surface area contributed by atoms with E-state index in [4.69, 9.17) is 9.47 Å². The second kappa shape index (κ2) is 11.6. The maximum Gasteiger partial charge on any atom is 0.421 e. The van der Waals surface area contributed by atoms with Crippen LogP contribution in [0.5, 0.6) is 0 Å². The standard InChI is InChI=1S/C23H33F3N2O7S/c1-20(2,3)34-18(29)17(28-19(30)35-21(4,5)6)12-14-27-36(32,33)15-13-22(31,23(24,25)26)16-10-8-7-9-11-16/h7-11,14,17,31H,12-13,15H2,1-6H3,(H,28,30)/b27-14+. The van der Waals surface area contributed by atoms with Gasteiger partial charge in [-0.1, -0.05) is 30.3 Å². The van der Waals surface area contributed by atoms with Crippen LogP contribution in [-0.4, -0.2) is 61.0 Å². The Kier molecular flexibility index (Phi) is 10.1. The molecule has 0 spiro atoms. The molecule has 1 aromatic carbocycles. The minimum atomic E-state index is -5.15. The number of nitrogens with one attached hydrogen (secondary N) is 1. The van der Waals surface area contributed by atoms with Crippen molar-refractivity contribution >= 4 is 28.3 Å². The molecule has 2 unspecified atom stereocenters. The monoisotopic (exact) mass is 538 g/mol. The van der Waals surface area contributed by atoms with E-state index in [0.717, 1.165) is 18.3 Å². The fourth-order valence-corrected chi connectivity index (χ4v) is 3.76. The topological polar surface area (TPSA) is 131 Å². The first-order chi connectivity index (χ1) is 16.2. The number of esters is 1. The zero-order valence-electron chi connectivity index (χ0n) is 21.0. The molecule has 0 aliphatic heterocycles. The van der Waals surface area contributed by atoms with Gasteiger partial charge in [-0.2, -0.15) is 17.6 Å². The molecule has 36 heavy (non-hydrogen) atoms. The van der Waals surface area contributed by atoms with Gasteiger partial charge in [0.1, 0.15) is 17.2 Å². The van der Waals surface area contributed by atoms with Crippen molar-refractivity contribution in [3.63, 3.8) is 0 Å². The number of ether oxygens (including phenoxy) is 2. The molecule has 0 fully saturated rings. The summed E-state index contributed by atoms with van der Waals surface area (Å²) in [6.07, 6.45) is -6.99. The number of hydrogen-bond acceptors (Lipinski definition) is 7. The number of carbonyl (C=O) groups excluding carboxylic acids is 2. The normalized spacial score (nSPS) is 15.7. The summed E-state index contributed by atoms with van der Waals surface area (Å²) in [4.78, 5) is 24.6. The molecule has 0 aliphatic carbocycles. The molecule has 0 heterocycles. The summed E-state index contributed by atoms with van der Waals surface area (Å²) < 4.78 is 79.0. The van der Waals surface area contributed by atoms with Crippen LogP contribution < -0.4 is 5.32 Å². The highest BCUT2D eigenvalue weighted by atomic mass is 32.2. The number of alkyl halides is 3. The first-order valence-corrected chi connectivity index (χ1v) is 12.6. The molecule has 0 aromatic heterocycles. The van der Waals surface area contributed by atoms with Crippen molar-refractivity contribution in [1.82, 2.24) is 5.32 Å². The van der Waals surface area contributed by atoms with Gasteiger partial charge in [-0.25, -0.2) is 18.0 Å². The Labute approximate surface area is 209 Å². The highest BCUT2D eigenvalue weighted by molar-refractivity contribution is 7.90. The molecule has 2 atom stereocenters. The van der Waals surface area contributed by atoms with Crippen LogP contribution in [0.1, 0.15) is 59.9 Å². The molecule has 0 saturated heterocycles. The zero-order chi connectivity index (χ0) is 28.0. The quantitative estimate of drug-likeness (QED) is 0.361. The first-order valence-electron chi connectivity index (χ1n) is 11.0. The van der Waals surface area contributed by atoms with Crippen LogP contribution in [0.25, 0.3) is 0 Å². The van der Waals surface area contributed by atoms with Crippen molar-refractivity contribution in [2.75, 3.05) is 5.75 Å². The Morgan fingerprint density at radius 1 is 1.03 bits per heavy atom. The molecule has 0 saturated carbocycles. The summed E-state index contributed by atoms with van der Waals surface area (Å²) in [6.45, 7) is 9.55. The minimum absolute atomic E-state index is 0.449. The first kappa shape index (κ1) is 31.4. The van der Waals surface area contributed by atoms with Crippen molar-refractivity contribution in [2.45, 2.75) is 83.4 Å². The van der Waals surface area contributed by atoms with Crippen molar-refractivity contribution in [3.05, 3.63) is 35.9 Å². The number of amides is 1. The van der Waals surface area contributed by atoms with Gasteiger partial charge in [0.25, 0.3) is 10.0 Å². The number of halogens is 3. The van der Waals surface area contributed by atoms with Crippen LogP contribution in [0, 0.1) is 0 Å². The molecule has 2 N–H and O–H groups in total. The zero-order valence-corrected chi connectivity index (χ0v) is 21.9. The lowest BCUT2D eigenvalue weighted by atomic mass is 9.90. The van der Waals surface area contributed by atoms with E-state index in [1.165, 1.54) is 18.2 Å². The van der Waals surface area contributed by atoms with Crippen molar-refractivity contribution < 1.29 is 45.8 Å². The van der Waals surface area contributed by atoms with Gasteiger partial charge < -0.3 is 19.9 Å². The Morgan fingerprint density at radius 2 is 1.56 bits per heavy atom. The lowest BCUT2D eigenvalue weighted by Gasteiger charge is -2.30. The third-order valence-corrected chi connectivity index (χ3v) is 5.59. The molecule has 0 radical (unpaired) electrons. The molecule has 204 valence electrons. The number of aliphatic hydroxyl groups is 1. The van der Waals surface area contributed by atoms with Gasteiger partial charge in [-0.15, -0.1) is 0 Å². The van der Waals surface area contributed by atoms with Gasteiger partial charge in [0.15, 0.2) is 5.60 Å². The van der Waals surface area contributed by atoms with E-state index < -0.39 is 75.3 Å². The van der Waals surface area contributed by atoms with Crippen LogP contribution in [0.15, 0.2) is 34.7 Å². The molecule has 1 rings (SSSR count). The maximum atomic E-state index is 13.6. The number of nitrogens with zero attached hydrogens (tertiary/aromatic N) is 1. The largest absolute Gasteiger partial charge is 0.458 e. The van der Waals surface area contributed by atoms with Gasteiger partial charge in [0.2, 0.25) is 0 Å². The van der Waals surface area contributed by atoms with Gasteiger partial charge in [-0.05, 0) is 47.1 Å². The number of alkyl carbamates (subject to hydrolysis) is 1. The molecular formula is C23H33F3N2O7S. The predicted molar refractivity (Wildman–Crippen MR) is 127 cm³/mol. The minimum Gasteiger partial charge on any atom is -0.458 e. The Bertz CT molecular complexity index is 1030. The van der Waals surface area contributed by atoms with Gasteiger partial charge in [0, 0.05) is 19.1 Å². The maximum absolute atomic E-state index is 13.6. The van der Waals surface area contributed by atoms with E-state index >= 15 is 0 Å². The molecule has 0 bridgehead atoms. The third-order valence-electron chi connectivity index (χ3n) is 4.40. The Balaban J connectivity index is 3.01. The van der Waals surface area contributed by atoms with Crippen LogP contribution in [0.2, 0.25) is 0 Å². The van der Waals surface area contributed by atoms with Crippen LogP contribution in [0.3, 0.4) is 0 Å². The lowest BCUT2D eigenvalue weighted by Crippen LogP contribution is -2.46. The average Bonchev–Trinajstić information content (AvgIpc) is 2.68. The highest BCUT2D eigenvalue weighted by Crippen LogP contribution is 2.41. The second-order valence-corrected chi connectivity index (χ2v) is 11.8. The number of benzene rings is 1. The SMILES string of the molecule is CC(C)(C)OC(=O)NC(C/C=N/S(=O)(=O)CCC(O)(c1ccccc1)C(F)(F)F)C(=O)OC(C)(C)C. The van der Waals surface area contributed by atoms with E-state index in [1.807, 2.05) is 0 Å². The lowest BCUT2D eigenvalue weighted by molar-refractivity contribution is -0.267. The second-order valence-electron chi connectivity index (χ2n) is 10.0. The molecule has 13 heteroatoms. The van der Waals surface area contributed by atoms with Crippen LogP contribution in [0.4, 0.5) is 18.0 Å². The van der Waals surface area contributed by atoms with Crippen LogP contribution in [-0.2, 0) is 29.9 Å².